The highest BCUT2D eigenvalue weighted by molar-refractivity contribution is 5.30. The van der Waals surface area contributed by atoms with E-state index in [0.29, 0.717) is 11.8 Å². The highest BCUT2D eigenvalue weighted by Crippen LogP contribution is 2.67. The van der Waals surface area contributed by atoms with Gasteiger partial charge in [0.25, 0.3) is 0 Å². The molecule has 1 heterocycles. The summed E-state index contributed by atoms with van der Waals surface area (Å²) in [5, 5.41) is 14.7. The number of fused-ring (bicyclic) bond motifs is 6. The standard InChI is InChI=1S/C22H31N5O/c1-20-11-13-12-24-19(26-27-23)25-18(13)10-14(20)4-5-15-16(20)6-8-21(2)17(15)7-9-22(21,3)28/h12,14-17,28H,4-11H2,1-3H3/t14-,15+,16-,17-,20-,21-,22-/m0/s1. The van der Waals surface area contributed by atoms with E-state index < -0.39 is 5.60 Å². The Balaban J connectivity index is 1.48. The summed E-state index contributed by atoms with van der Waals surface area (Å²) in [5.41, 5.74) is 10.9. The van der Waals surface area contributed by atoms with Gasteiger partial charge in [0, 0.05) is 16.8 Å². The normalized spacial score (nSPS) is 46.6. The maximum absolute atomic E-state index is 11.1. The first-order valence-electron chi connectivity index (χ1n) is 10.9. The second-order valence-electron chi connectivity index (χ2n) is 10.6. The Hall–Kier alpha value is -1.65. The fourth-order valence-electron chi connectivity index (χ4n) is 7.88. The Morgan fingerprint density at radius 3 is 2.71 bits per heavy atom. The lowest BCUT2D eigenvalue weighted by Gasteiger charge is -2.61. The quantitative estimate of drug-likeness (QED) is 0.415. The van der Waals surface area contributed by atoms with Gasteiger partial charge in [0.05, 0.1) is 5.60 Å². The van der Waals surface area contributed by atoms with E-state index in [1.165, 1.54) is 31.2 Å². The fourth-order valence-corrected chi connectivity index (χ4v) is 7.88. The molecule has 1 N–H and O–H groups in total. The summed E-state index contributed by atoms with van der Waals surface area (Å²) in [5.74, 6) is 3.01. The van der Waals surface area contributed by atoms with E-state index in [0.717, 1.165) is 43.2 Å². The molecule has 7 atom stereocenters. The van der Waals surface area contributed by atoms with Crippen LogP contribution in [0.2, 0.25) is 0 Å². The zero-order valence-electron chi connectivity index (χ0n) is 17.2. The number of hydrogen-bond donors (Lipinski definition) is 1. The van der Waals surface area contributed by atoms with Gasteiger partial charge in [-0.25, -0.2) is 9.97 Å². The van der Waals surface area contributed by atoms with Crippen LogP contribution in [-0.2, 0) is 12.8 Å². The molecule has 5 rings (SSSR count). The number of aromatic nitrogens is 2. The van der Waals surface area contributed by atoms with Gasteiger partial charge in [-0.2, -0.15) is 0 Å². The molecule has 0 bridgehead atoms. The summed E-state index contributed by atoms with van der Waals surface area (Å²) in [6, 6.07) is 0. The van der Waals surface area contributed by atoms with Crippen molar-refractivity contribution in [1.29, 1.82) is 0 Å². The van der Waals surface area contributed by atoms with Crippen molar-refractivity contribution in [1.82, 2.24) is 9.97 Å². The smallest absolute Gasteiger partial charge is 0.216 e. The summed E-state index contributed by atoms with van der Waals surface area (Å²) >= 11 is 0. The molecule has 0 aromatic carbocycles. The maximum atomic E-state index is 11.1. The first-order valence-corrected chi connectivity index (χ1v) is 10.9. The second-order valence-corrected chi connectivity index (χ2v) is 10.6. The molecule has 0 unspecified atom stereocenters. The van der Waals surface area contributed by atoms with Crippen LogP contribution >= 0.6 is 0 Å². The van der Waals surface area contributed by atoms with Gasteiger partial charge in [-0.1, -0.05) is 13.8 Å². The van der Waals surface area contributed by atoms with Crippen LogP contribution in [0.15, 0.2) is 11.3 Å². The number of nitrogens with zero attached hydrogens (tertiary/aromatic N) is 5. The molecular weight excluding hydrogens is 350 g/mol. The molecular formula is C22H31N5O. The van der Waals surface area contributed by atoms with Crippen LogP contribution in [0.1, 0.15) is 70.6 Å². The van der Waals surface area contributed by atoms with Crippen LogP contribution in [0, 0.1) is 34.5 Å². The molecule has 0 aliphatic heterocycles. The van der Waals surface area contributed by atoms with Gasteiger partial charge in [0.15, 0.2) is 0 Å². The molecule has 0 spiro atoms. The van der Waals surface area contributed by atoms with E-state index in [1.54, 1.807) is 0 Å². The van der Waals surface area contributed by atoms with Gasteiger partial charge in [-0.3, -0.25) is 0 Å². The van der Waals surface area contributed by atoms with Gasteiger partial charge < -0.3 is 5.11 Å². The van der Waals surface area contributed by atoms with Crippen LogP contribution in [-0.4, -0.2) is 20.7 Å². The first-order chi connectivity index (χ1) is 13.3. The van der Waals surface area contributed by atoms with Gasteiger partial charge >= 0.3 is 0 Å². The lowest BCUT2D eigenvalue weighted by Crippen LogP contribution is -2.56. The molecule has 3 saturated carbocycles. The number of hydrogen-bond acceptors (Lipinski definition) is 4. The summed E-state index contributed by atoms with van der Waals surface area (Å²) in [4.78, 5) is 11.7. The highest BCUT2D eigenvalue weighted by atomic mass is 16.3. The van der Waals surface area contributed by atoms with Crippen LogP contribution in [0.4, 0.5) is 5.95 Å². The van der Waals surface area contributed by atoms with E-state index >= 15 is 0 Å². The number of rotatable bonds is 1. The van der Waals surface area contributed by atoms with Gasteiger partial charge in [-0.05, 0) is 109 Å². The van der Waals surface area contributed by atoms with Crippen molar-refractivity contribution < 1.29 is 5.11 Å². The number of azide groups is 1. The minimum Gasteiger partial charge on any atom is -0.390 e. The third-order valence-corrected chi connectivity index (χ3v) is 9.71. The fraction of sp³-hybridized carbons (Fsp3) is 0.818. The van der Waals surface area contributed by atoms with Crippen LogP contribution < -0.4 is 0 Å². The van der Waals surface area contributed by atoms with E-state index in [1.807, 2.05) is 6.20 Å². The summed E-state index contributed by atoms with van der Waals surface area (Å²) < 4.78 is 0. The second kappa shape index (κ2) is 5.93. The molecule has 6 heteroatoms. The highest BCUT2D eigenvalue weighted by Gasteiger charge is 2.63. The lowest BCUT2D eigenvalue weighted by atomic mass is 9.44. The molecule has 1 aromatic rings. The summed E-state index contributed by atoms with van der Waals surface area (Å²) in [7, 11) is 0. The van der Waals surface area contributed by atoms with Crippen molar-refractivity contribution in [2.75, 3.05) is 0 Å². The molecule has 0 saturated heterocycles. The van der Waals surface area contributed by atoms with E-state index in [4.69, 9.17) is 5.53 Å². The maximum Gasteiger partial charge on any atom is 0.216 e. The van der Waals surface area contributed by atoms with Crippen molar-refractivity contribution >= 4 is 5.95 Å². The Labute approximate surface area is 166 Å². The monoisotopic (exact) mass is 381 g/mol. The van der Waals surface area contributed by atoms with Crippen molar-refractivity contribution in [3.63, 3.8) is 0 Å². The minimum atomic E-state index is -0.509. The zero-order chi connectivity index (χ0) is 19.7. The lowest BCUT2D eigenvalue weighted by molar-refractivity contribution is -0.139. The average molecular weight is 382 g/mol. The minimum absolute atomic E-state index is 0.0806. The predicted molar refractivity (Wildman–Crippen MR) is 107 cm³/mol. The zero-order valence-corrected chi connectivity index (χ0v) is 17.2. The SMILES string of the molecule is C[C@]12Cc3cnc(N=[N+]=[N-])nc3C[C@@H]1CC[C@@H]1[C@@H]2CC[C@@]2(C)[C@H]1CC[C@]2(C)O. The van der Waals surface area contributed by atoms with Crippen molar-refractivity contribution in [2.45, 2.75) is 77.7 Å². The Morgan fingerprint density at radius 1 is 1.14 bits per heavy atom. The largest absolute Gasteiger partial charge is 0.390 e. The van der Waals surface area contributed by atoms with E-state index in [-0.39, 0.29) is 16.8 Å². The molecule has 150 valence electrons. The molecule has 28 heavy (non-hydrogen) atoms. The van der Waals surface area contributed by atoms with Crippen molar-refractivity contribution in [3.8, 4) is 0 Å². The van der Waals surface area contributed by atoms with Gasteiger partial charge in [-0.15, -0.1) is 0 Å². The Bertz CT molecular complexity index is 862. The van der Waals surface area contributed by atoms with Crippen LogP contribution in [0.25, 0.3) is 10.4 Å². The molecule has 4 aliphatic rings. The summed E-state index contributed by atoms with van der Waals surface area (Å²) in [6.07, 6.45) is 10.9. The molecule has 6 nitrogen and oxygen atoms in total. The third kappa shape index (κ3) is 2.34. The number of aliphatic hydroxyl groups is 1. The molecule has 4 aliphatic carbocycles. The molecule has 1 aromatic heterocycles. The van der Waals surface area contributed by atoms with Gasteiger partial charge in [0.2, 0.25) is 5.95 Å². The third-order valence-electron chi connectivity index (χ3n) is 9.71. The first kappa shape index (κ1) is 18.4. The molecule has 0 amide bonds. The van der Waals surface area contributed by atoms with Crippen LogP contribution in [0.5, 0.6) is 0 Å². The average Bonchev–Trinajstić information content (AvgIpc) is 2.90. The Morgan fingerprint density at radius 2 is 1.93 bits per heavy atom. The molecule has 0 radical (unpaired) electrons. The van der Waals surface area contributed by atoms with Crippen molar-refractivity contribution in [3.05, 3.63) is 27.9 Å². The van der Waals surface area contributed by atoms with Crippen molar-refractivity contribution in [2.24, 2.45) is 39.6 Å². The van der Waals surface area contributed by atoms with E-state index in [2.05, 4.69) is 40.8 Å². The summed E-state index contributed by atoms with van der Waals surface area (Å²) in [6.45, 7) is 6.95. The topological polar surface area (TPSA) is 94.8 Å². The van der Waals surface area contributed by atoms with Crippen LogP contribution in [0.3, 0.4) is 0 Å². The van der Waals surface area contributed by atoms with E-state index in [9.17, 15) is 5.11 Å². The van der Waals surface area contributed by atoms with Gasteiger partial charge in [0.1, 0.15) is 0 Å². The molecule has 3 fully saturated rings. The predicted octanol–water partition coefficient (Wildman–Crippen LogP) is 5.13. The Kier molecular flexibility index (Phi) is 3.89.